The zero-order valence-electron chi connectivity index (χ0n) is 10.9. The molecule has 1 aliphatic heterocycles. The summed E-state index contributed by atoms with van der Waals surface area (Å²) < 4.78 is 0. The number of nitrogen functional groups attached to an aromatic ring is 1. The highest BCUT2D eigenvalue weighted by Crippen LogP contribution is 2.33. The fourth-order valence-corrected chi connectivity index (χ4v) is 3.10. The zero-order chi connectivity index (χ0) is 13.4. The largest absolute Gasteiger partial charge is 0.399 e. The molecule has 2 aromatic rings. The van der Waals surface area contributed by atoms with Crippen LogP contribution < -0.4 is 10.6 Å². The first kappa shape index (κ1) is 12.4. The molecule has 3 heteroatoms. The van der Waals surface area contributed by atoms with E-state index in [2.05, 4.69) is 36.1 Å². The lowest BCUT2D eigenvalue weighted by Crippen LogP contribution is -2.28. The van der Waals surface area contributed by atoms with Crippen LogP contribution in [0.25, 0.3) is 0 Å². The van der Waals surface area contributed by atoms with E-state index in [1.165, 1.54) is 11.3 Å². The van der Waals surface area contributed by atoms with Gasteiger partial charge in [0, 0.05) is 29.0 Å². The number of anilines is 2. The maximum atomic E-state index is 6.07. The van der Waals surface area contributed by atoms with Crippen LogP contribution in [0.3, 0.4) is 0 Å². The van der Waals surface area contributed by atoms with Crippen molar-refractivity contribution in [2.75, 3.05) is 10.6 Å². The molecule has 0 amide bonds. The molecule has 3 rings (SSSR count). The van der Waals surface area contributed by atoms with E-state index in [0.717, 1.165) is 24.2 Å². The summed E-state index contributed by atoms with van der Waals surface area (Å²) in [4.78, 5) is 2.42. The van der Waals surface area contributed by atoms with Crippen LogP contribution in [-0.4, -0.2) is 6.04 Å². The third-order valence-corrected chi connectivity index (χ3v) is 3.90. The van der Waals surface area contributed by atoms with E-state index in [-0.39, 0.29) is 0 Å². The van der Waals surface area contributed by atoms with Crippen LogP contribution in [0.1, 0.15) is 18.1 Å². The summed E-state index contributed by atoms with van der Waals surface area (Å²) in [5, 5.41) is 0.704. The van der Waals surface area contributed by atoms with Crippen molar-refractivity contribution in [3.05, 3.63) is 58.6 Å². The van der Waals surface area contributed by atoms with Crippen LogP contribution in [0.4, 0.5) is 11.4 Å². The fraction of sp³-hybridized carbons (Fsp3) is 0.250. The Balaban J connectivity index is 1.91. The van der Waals surface area contributed by atoms with Crippen molar-refractivity contribution in [2.45, 2.75) is 25.9 Å². The maximum absolute atomic E-state index is 6.07. The van der Waals surface area contributed by atoms with Gasteiger partial charge in [-0.05, 0) is 48.7 Å². The first-order chi connectivity index (χ1) is 9.13. The quantitative estimate of drug-likeness (QED) is 0.841. The third-order valence-electron chi connectivity index (χ3n) is 3.68. The van der Waals surface area contributed by atoms with Crippen molar-refractivity contribution in [1.82, 2.24) is 0 Å². The molecule has 0 saturated carbocycles. The van der Waals surface area contributed by atoms with Crippen LogP contribution in [0.15, 0.2) is 42.5 Å². The Morgan fingerprint density at radius 1 is 1.26 bits per heavy atom. The van der Waals surface area contributed by atoms with Crippen LogP contribution >= 0.6 is 11.6 Å². The lowest BCUT2D eigenvalue weighted by molar-refractivity contribution is 0.672. The number of halogens is 1. The second-order valence-corrected chi connectivity index (χ2v) is 5.64. The molecule has 0 saturated heterocycles. The average Bonchev–Trinajstić information content (AvgIpc) is 2.65. The Kier molecular flexibility index (Phi) is 3.11. The first-order valence-electron chi connectivity index (χ1n) is 6.53. The number of para-hydroxylation sites is 1. The van der Waals surface area contributed by atoms with Crippen LogP contribution in [-0.2, 0) is 13.0 Å². The van der Waals surface area contributed by atoms with Gasteiger partial charge in [-0.2, -0.15) is 0 Å². The second kappa shape index (κ2) is 4.78. The predicted octanol–water partition coefficient (Wildman–Crippen LogP) is 3.87. The van der Waals surface area contributed by atoms with Gasteiger partial charge in [0.05, 0.1) is 0 Å². The maximum Gasteiger partial charge on any atom is 0.0433 e. The van der Waals surface area contributed by atoms with Gasteiger partial charge in [-0.25, -0.2) is 0 Å². The van der Waals surface area contributed by atoms with E-state index < -0.39 is 0 Å². The highest BCUT2D eigenvalue weighted by atomic mass is 35.5. The molecule has 1 unspecified atom stereocenters. The number of rotatable bonds is 2. The van der Waals surface area contributed by atoms with Gasteiger partial charge >= 0.3 is 0 Å². The number of nitrogens with two attached hydrogens (primary N) is 1. The van der Waals surface area contributed by atoms with Gasteiger partial charge < -0.3 is 10.6 Å². The molecule has 0 aromatic heterocycles. The van der Waals surface area contributed by atoms with E-state index in [0.29, 0.717) is 11.1 Å². The van der Waals surface area contributed by atoms with E-state index in [1.807, 2.05) is 12.1 Å². The summed E-state index contributed by atoms with van der Waals surface area (Å²) >= 11 is 6.07. The van der Waals surface area contributed by atoms with Gasteiger partial charge in [-0.15, -0.1) is 0 Å². The minimum atomic E-state index is 0.512. The van der Waals surface area contributed by atoms with Crippen molar-refractivity contribution < 1.29 is 0 Å². The smallest absolute Gasteiger partial charge is 0.0433 e. The summed E-state index contributed by atoms with van der Waals surface area (Å²) in [6.45, 7) is 3.11. The Morgan fingerprint density at radius 2 is 2.05 bits per heavy atom. The summed E-state index contributed by atoms with van der Waals surface area (Å²) in [5.74, 6) is 0. The van der Waals surface area contributed by atoms with E-state index in [4.69, 9.17) is 17.3 Å². The fourth-order valence-electron chi connectivity index (χ4n) is 2.83. The Labute approximate surface area is 118 Å². The molecule has 1 heterocycles. The molecular weight excluding hydrogens is 256 g/mol. The zero-order valence-corrected chi connectivity index (χ0v) is 11.7. The Hall–Kier alpha value is -1.67. The van der Waals surface area contributed by atoms with E-state index >= 15 is 0 Å². The van der Waals surface area contributed by atoms with Gasteiger partial charge in [0.25, 0.3) is 0 Å². The number of fused-ring (bicyclic) bond motifs is 1. The molecule has 2 nitrogen and oxygen atoms in total. The van der Waals surface area contributed by atoms with Crippen molar-refractivity contribution in [2.24, 2.45) is 0 Å². The summed E-state index contributed by atoms with van der Waals surface area (Å²) in [5.41, 5.74) is 10.5. The molecule has 0 spiro atoms. The molecule has 2 N–H and O–H groups in total. The predicted molar refractivity (Wildman–Crippen MR) is 81.7 cm³/mol. The molecule has 1 aliphatic rings. The Bertz CT molecular complexity index is 589. The monoisotopic (exact) mass is 272 g/mol. The number of benzene rings is 2. The van der Waals surface area contributed by atoms with Crippen molar-refractivity contribution in [3.63, 3.8) is 0 Å². The van der Waals surface area contributed by atoms with Crippen molar-refractivity contribution >= 4 is 23.0 Å². The number of hydrogen-bond acceptors (Lipinski definition) is 2. The molecule has 98 valence electrons. The molecule has 2 aromatic carbocycles. The molecule has 1 atom stereocenters. The Morgan fingerprint density at radius 3 is 2.84 bits per heavy atom. The van der Waals surface area contributed by atoms with E-state index in [1.54, 1.807) is 6.07 Å². The van der Waals surface area contributed by atoms with Crippen molar-refractivity contribution in [1.29, 1.82) is 0 Å². The highest BCUT2D eigenvalue weighted by Gasteiger charge is 2.25. The molecule has 0 aliphatic carbocycles. The molecule has 0 fully saturated rings. The van der Waals surface area contributed by atoms with Gasteiger partial charge in [0.2, 0.25) is 0 Å². The summed E-state index contributed by atoms with van der Waals surface area (Å²) in [6.07, 6.45) is 1.10. The van der Waals surface area contributed by atoms with Gasteiger partial charge in [-0.3, -0.25) is 0 Å². The summed E-state index contributed by atoms with van der Waals surface area (Å²) in [7, 11) is 0. The molecular formula is C16H17ClN2. The second-order valence-electron chi connectivity index (χ2n) is 5.20. The van der Waals surface area contributed by atoms with Crippen LogP contribution in [0.5, 0.6) is 0 Å². The lowest BCUT2D eigenvalue weighted by Gasteiger charge is -2.25. The SMILES string of the molecule is CC1Cc2ccccc2N1Cc1cc(N)cc(Cl)c1. The standard InChI is InChI=1S/C16H17ClN2/c1-11-6-13-4-2-3-5-16(13)19(11)10-12-7-14(17)9-15(18)8-12/h2-5,7-9,11H,6,10,18H2,1H3. The van der Waals surface area contributed by atoms with Gasteiger partial charge in [-0.1, -0.05) is 29.8 Å². The van der Waals surface area contributed by atoms with E-state index in [9.17, 15) is 0 Å². The summed E-state index contributed by atoms with van der Waals surface area (Å²) in [6, 6.07) is 14.9. The van der Waals surface area contributed by atoms with Gasteiger partial charge in [0.15, 0.2) is 0 Å². The van der Waals surface area contributed by atoms with Crippen LogP contribution in [0.2, 0.25) is 5.02 Å². The number of nitrogens with zero attached hydrogens (tertiary/aromatic N) is 1. The topological polar surface area (TPSA) is 29.3 Å². The first-order valence-corrected chi connectivity index (χ1v) is 6.91. The molecule has 0 radical (unpaired) electrons. The minimum absolute atomic E-state index is 0.512. The van der Waals surface area contributed by atoms with Crippen molar-refractivity contribution in [3.8, 4) is 0 Å². The molecule has 0 bridgehead atoms. The highest BCUT2D eigenvalue weighted by molar-refractivity contribution is 6.30. The normalized spacial score (nSPS) is 17.6. The van der Waals surface area contributed by atoms with Crippen LogP contribution in [0, 0.1) is 0 Å². The minimum Gasteiger partial charge on any atom is -0.399 e. The third kappa shape index (κ3) is 2.41. The lowest BCUT2D eigenvalue weighted by atomic mass is 10.1. The van der Waals surface area contributed by atoms with Gasteiger partial charge in [0.1, 0.15) is 0 Å². The molecule has 19 heavy (non-hydrogen) atoms. The average molecular weight is 273 g/mol. The number of hydrogen-bond donors (Lipinski definition) is 1.